The highest BCUT2D eigenvalue weighted by atomic mass is 14.6. The molecule has 112 valence electrons. The molecule has 1 heteroatoms. The standard InChI is InChI=1S/C20H27N/c1-4-5-9-15-20(2,3)18-14-10-13-17(19(18)21)16-11-7-6-8-12-16/h6-8,10-14H,4-5,9,15,21H2,1-3H3. The van der Waals surface area contributed by atoms with Crippen molar-refractivity contribution in [3.05, 3.63) is 54.1 Å². The first-order chi connectivity index (χ1) is 10.1. The Hall–Kier alpha value is -1.76. The summed E-state index contributed by atoms with van der Waals surface area (Å²) in [5, 5.41) is 0. The van der Waals surface area contributed by atoms with Crippen LogP contribution in [-0.2, 0) is 5.41 Å². The van der Waals surface area contributed by atoms with Crippen LogP contribution in [0.5, 0.6) is 0 Å². The molecule has 0 aliphatic rings. The largest absolute Gasteiger partial charge is 0.398 e. The molecule has 0 fully saturated rings. The lowest BCUT2D eigenvalue weighted by Gasteiger charge is -2.28. The molecule has 0 aromatic heterocycles. The Kier molecular flexibility index (Phi) is 5.06. The van der Waals surface area contributed by atoms with Gasteiger partial charge in [0.25, 0.3) is 0 Å². The van der Waals surface area contributed by atoms with E-state index in [1.807, 2.05) is 6.07 Å². The lowest BCUT2D eigenvalue weighted by atomic mass is 9.78. The van der Waals surface area contributed by atoms with Crippen LogP contribution in [0.25, 0.3) is 11.1 Å². The van der Waals surface area contributed by atoms with Crippen LogP contribution in [0.4, 0.5) is 5.69 Å². The first kappa shape index (κ1) is 15.6. The summed E-state index contributed by atoms with van der Waals surface area (Å²) < 4.78 is 0. The molecule has 2 aromatic rings. The molecule has 0 atom stereocenters. The van der Waals surface area contributed by atoms with Crippen LogP contribution >= 0.6 is 0 Å². The summed E-state index contributed by atoms with van der Waals surface area (Å²) in [5.74, 6) is 0. The Morgan fingerprint density at radius 3 is 2.29 bits per heavy atom. The van der Waals surface area contributed by atoms with E-state index in [0.29, 0.717) is 0 Å². The van der Waals surface area contributed by atoms with Gasteiger partial charge in [-0.1, -0.05) is 88.6 Å². The summed E-state index contributed by atoms with van der Waals surface area (Å²) in [6.45, 7) is 6.86. The van der Waals surface area contributed by atoms with E-state index in [1.165, 1.54) is 36.8 Å². The zero-order valence-electron chi connectivity index (χ0n) is 13.5. The van der Waals surface area contributed by atoms with Gasteiger partial charge < -0.3 is 5.73 Å². The van der Waals surface area contributed by atoms with Crippen molar-refractivity contribution in [2.24, 2.45) is 0 Å². The van der Waals surface area contributed by atoms with E-state index in [0.717, 1.165) is 11.3 Å². The summed E-state index contributed by atoms with van der Waals surface area (Å²) in [4.78, 5) is 0. The Balaban J connectivity index is 2.33. The summed E-state index contributed by atoms with van der Waals surface area (Å²) in [6, 6.07) is 16.9. The van der Waals surface area contributed by atoms with Crippen LogP contribution in [0.3, 0.4) is 0 Å². The number of para-hydroxylation sites is 1. The second-order valence-corrected chi connectivity index (χ2v) is 6.47. The van der Waals surface area contributed by atoms with E-state index >= 15 is 0 Å². The average molecular weight is 281 g/mol. The highest BCUT2D eigenvalue weighted by Gasteiger charge is 2.23. The Morgan fingerprint density at radius 1 is 0.905 bits per heavy atom. The van der Waals surface area contributed by atoms with Gasteiger partial charge in [-0.2, -0.15) is 0 Å². The van der Waals surface area contributed by atoms with Crippen LogP contribution in [0.2, 0.25) is 0 Å². The molecule has 0 unspecified atom stereocenters. The fourth-order valence-electron chi connectivity index (χ4n) is 2.98. The minimum absolute atomic E-state index is 0.129. The summed E-state index contributed by atoms with van der Waals surface area (Å²) in [7, 11) is 0. The van der Waals surface area contributed by atoms with Crippen LogP contribution < -0.4 is 5.73 Å². The predicted molar refractivity (Wildman–Crippen MR) is 93.5 cm³/mol. The number of nitrogen functional groups attached to an aromatic ring is 1. The van der Waals surface area contributed by atoms with Crippen molar-refractivity contribution in [3.63, 3.8) is 0 Å². The number of nitrogens with two attached hydrogens (primary N) is 1. The first-order valence-electron chi connectivity index (χ1n) is 8.00. The summed E-state index contributed by atoms with van der Waals surface area (Å²) in [5.41, 5.74) is 11.2. The topological polar surface area (TPSA) is 26.0 Å². The Labute approximate surface area is 129 Å². The molecule has 2 N–H and O–H groups in total. The van der Waals surface area contributed by atoms with Gasteiger partial charge >= 0.3 is 0 Å². The Bertz CT molecular complexity index is 570. The molecule has 0 spiro atoms. The highest BCUT2D eigenvalue weighted by Crippen LogP contribution is 2.38. The van der Waals surface area contributed by atoms with Gasteiger partial charge in [-0.05, 0) is 23.0 Å². The molecule has 21 heavy (non-hydrogen) atoms. The zero-order valence-corrected chi connectivity index (χ0v) is 13.5. The van der Waals surface area contributed by atoms with Gasteiger partial charge in [-0.25, -0.2) is 0 Å². The van der Waals surface area contributed by atoms with Crippen molar-refractivity contribution in [2.45, 2.75) is 51.9 Å². The number of rotatable bonds is 6. The number of anilines is 1. The molecular weight excluding hydrogens is 254 g/mol. The van der Waals surface area contributed by atoms with E-state index in [2.05, 4.69) is 63.2 Å². The highest BCUT2D eigenvalue weighted by molar-refractivity contribution is 5.79. The van der Waals surface area contributed by atoms with E-state index in [1.54, 1.807) is 0 Å². The second-order valence-electron chi connectivity index (χ2n) is 6.47. The minimum Gasteiger partial charge on any atom is -0.398 e. The monoisotopic (exact) mass is 281 g/mol. The fraction of sp³-hybridized carbons (Fsp3) is 0.400. The average Bonchev–Trinajstić information content (AvgIpc) is 2.48. The Morgan fingerprint density at radius 2 is 1.62 bits per heavy atom. The van der Waals surface area contributed by atoms with Crippen LogP contribution in [0.15, 0.2) is 48.5 Å². The fourth-order valence-corrected chi connectivity index (χ4v) is 2.98. The van der Waals surface area contributed by atoms with E-state index in [-0.39, 0.29) is 5.41 Å². The number of hydrogen-bond acceptors (Lipinski definition) is 1. The van der Waals surface area contributed by atoms with Gasteiger partial charge in [-0.15, -0.1) is 0 Å². The first-order valence-corrected chi connectivity index (χ1v) is 8.00. The third-order valence-electron chi connectivity index (χ3n) is 4.33. The SMILES string of the molecule is CCCCCC(C)(C)c1cccc(-c2ccccc2)c1N. The van der Waals surface area contributed by atoms with Crippen molar-refractivity contribution in [2.75, 3.05) is 5.73 Å². The maximum absolute atomic E-state index is 6.51. The molecule has 2 rings (SSSR count). The number of unbranched alkanes of at least 4 members (excludes halogenated alkanes) is 2. The van der Waals surface area contributed by atoms with Gasteiger partial charge in [0.2, 0.25) is 0 Å². The summed E-state index contributed by atoms with van der Waals surface area (Å²) in [6.07, 6.45) is 5.00. The van der Waals surface area contributed by atoms with Gasteiger partial charge in [0, 0.05) is 11.3 Å². The molecule has 0 heterocycles. The van der Waals surface area contributed by atoms with Crippen molar-refractivity contribution in [3.8, 4) is 11.1 Å². The van der Waals surface area contributed by atoms with Gasteiger partial charge in [-0.3, -0.25) is 0 Å². The van der Waals surface area contributed by atoms with Crippen molar-refractivity contribution in [1.29, 1.82) is 0 Å². The maximum Gasteiger partial charge on any atom is 0.0431 e. The van der Waals surface area contributed by atoms with Crippen molar-refractivity contribution >= 4 is 5.69 Å². The van der Waals surface area contributed by atoms with Crippen LogP contribution in [-0.4, -0.2) is 0 Å². The predicted octanol–water partition coefficient (Wildman–Crippen LogP) is 5.79. The normalized spacial score (nSPS) is 11.6. The molecular formula is C20H27N. The van der Waals surface area contributed by atoms with Crippen molar-refractivity contribution in [1.82, 2.24) is 0 Å². The van der Waals surface area contributed by atoms with E-state index < -0.39 is 0 Å². The van der Waals surface area contributed by atoms with Crippen LogP contribution in [0.1, 0.15) is 52.0 Å². The molecule has 0 saturated carbocycles. The van der Waals surface area contributed by atoms with Crippen LogP contribution in [0, 0.1) is 0 Å². The molecule has 1 nitrogen and oxygen atoms in total. The molecule has 0 aliphatic heterocycles. The maximum atomic E-state index is 6.51. The second kappa shape index (κ2) is 6.80. The van der Waals surface area contributed by atoms with Crippen molar-refractivity contribution < 1.29 is 0 Å². The van der Waals surface area contributed by atoms with E-state index in [9.17, 15) is 0 Å². The third-order valence-corrected chi connectivity index (χ3v) is 4.33. The van der Waals surface area contributed by atoms with Gasteiger partial charge in [0.05, 0.1) is 0 Å². The molecule has 0 radical (unpaired) electrons. The smallest absolute Gasteiger partial charge is 0.0431 e. The summed E-state index contributed by atoms with van der Waals surface area (Å²) >= 11 is 0. The quantitative estimate of drug-likeness (QED) is 0.526. The molecule has 2 aromatic carbocycles. The third kappa shape index (κ3) is 3.66. The minimum atomic E-state index is 0.129. The zero-order chi connectivity index (χ0) is 15.3. The molecule has 0 aliphatic carbocycles. The number of benzene rings is 2. The molecule has 0 amide bonds. The number of hydrogen-bond donors (Lipinski definition) is 1. The van der Waals surface area contributed by atoms with Gasteiger partial charge in [0.1, 0.15) is 0 Å². The molecule has 0 bridgehead atoms. The molecule has 0 saturated heterocycles. The van der Waals surface area contributed by atoms with Gasteiger partial charge in [0.15, 0.2) is 0 Å². The lowest BCUT2D eigenvalue weighted by Crippen LogP contribution is -2.19. The lowest BCUT2D eigenvalue weighted by molar-refractivity contribution is 0.452. The van der Waals surface area contributed by atoms with E-state index in [4.69, 9.17) is 5.73 Å².